The Morgan fingerprint density at radius 3 is 2.74 bits per heavy atom. The molecule has 0 aromatic heterocycles. The number of benzene rings is 1. The zero-order chi connectivity index (χ0) is 16.6. The molecule has 0 saturated carbocycles. The largest absolute Gasteiger partial charge is 0.399 e. The van der Waals surface area contributed by atoms with Crippen molar-refractivity contribution in [2.24, 2.45) is 0 Å². The van der Waals surface area contributed by atoms with Gasteiger partial charge in [0.2, 0.25) is 5.91 Å². The third-order valence-corrected chi connectivity index (χ3v) is 4.75. The molecule has 0 bridgehead atoms. The summed E-state index contributed by atoms with van der Waals surface area (Å²) in [5.41, 5.74) is 7.98. The molecule has 4 N–H and O–H groups in total. The minimum absolute atomic E-state index is 0.149. The molecular weight excluding hydrogens is 292 g/mol. The predicted octanol–water partition coefficient (Wildman–Crippen LogP) is 2.06. The van der Waals surface area contributed by atoms with Crippen LogP contribution in [0.5, 0.6) is 0 Å². The molecule has 3 rings (SSSR count). The molecule has 6 heteroatoms. The van der Waals surface area contributed by atoms with Gasteiger partial charge >= 0.3 is 6.03 Å². The van der Waals surface area contributed by atoms with Gasteiger partial charge in [0.05, 0.1) is 0 Å². The molecule has 2 heterocycles. The summed E-state index contributed by atoms with van der Waals surface area (Å²) in [5.74, 6) is -0.185. The molecule has 2 aliphatic heterocycles. The first-order chi connectivity index (χ1) is 10.9. The van der Waals surface area contributed by atoms with E-state index in [4.69, 9.17) is 5.73 Å². The lowest BCUT2D eigenvalue weighted by atomic mass is 9.79. The Balaban J connectivity index is 1.82. The van der Waals surface area contributed by atoms with E-state index in [9.17, 15) is 9.59 Å². The smallest absolute Gasteiger partial charge is 0.318 e. The number of urea groups is 1. The maximum absolute atomic E-state index is 12.5. The molecule has 3 amide bonds. The van der Waals surface area contributed by atoms with E-state index in [1.54, 1.807) is 11.0 Å². The number of fused-ring (bicyclic) bond motifs is 1. The molecule has 23 heavy (non-hydrogen) atoms. The van der Waals surface area contributed by atoms with E-state index in [1.807, 2.05) is 12.1 Å². The van der Waals surface area contributed by atoms with Crippen molar-refractivity contribution < 1.29 is 9.59 Å². The summed E-state index contributed by atoms with van der Waals surface area (Å²) >= 11 is 0. The van der Waals surface area contributed by atoms with Gasteiger partial charge in [-0.05, 0) is 42.4 Å². The van der Waals surface area contributed by atoms with Crippen molar-refractivity contribution in [3.8, 4) is 0 Å². The van der Waals surface area contributed by atoms with Crippen molar-refractivity contribution >= 4 is 23.3 Å². The highest BCUT2D eigenvalue weighted by molar-refractivity contribution is 5.99. The van der Waals surface area contributed by atoms with Crippen molar-refractivity contribution in [3.63, 3.8) is 0 Å². The topological polar surface area (TPSA) is 87.5 Å². The quantitative estimate of drug-likeness (QED) is 0.693. The van der Waals surface area contributed by atoms with Crippen LogP contribution in [-0.2, 0) is 10.2 Å². The Morgan fingerprint density at radius 2 is 2.04 bits per heavy atom. The third kappa shape index (κ3) is 3.11. The summed E-state index contributed by atoms with van der Waals surface area (Å²) in [6, 6.07) is 4.88. The number of hydrogen-bond acceptors (Lipinski definition) is 3. The maximum atomic E-state index is 12.5. The van der Waals surface area contributed by atoms with E-state index in [-0.39, 0.29) is 17.4 Å². The molecule has 1 aromatic rings. The van der Waals surface area contributed by atoms with E-state index in [0.717, 1.165) is 37.2 Å². The van der Waals surface area contributed by atoms with Gasteiger partial charge in [0, 0.05) is 24.5 Å². The SMILES string of the molecule is CC1(C)CC(NC(=O)N2CCCC2)C(=O)Nc2cc(N)ccc21. The molecule has 2 aliphatic rings. The Bertz CT molecular complexity index is 635. The molecule has 1 fully saturated rings. The molecule has 6 nitrogen and oxygen atoms in total. The van der Waals surface area contributed by atoms with E-state index in [1.165, 1.54) is 0 Å². The van der Waals surface area contributed by atoms with Crippen LogP contribution in [0.25, 0.3) is 0 Å². The van der Waals surface area contributed by atoms with Crippen LogP contribution < -0.4 is 16.4 Å². The summed E-state index contributed by atoms with van der Waals surface area (Å²) < 4.78 is 0. The molecular formula is C17H24N4O2. The van der Waals surface area contributed by atoms with Gasteiger partial charge < -0.3 is 21.3 Å². The summed E-state index contributed by atoms with van der Waals surface area (Å²) in [5, 5.41) is 5.81. The molecule has 0 spiro atoms. The van der Waals surface area contributed by atoms with E-state index < -0.39 is 6.04 Å². The van der Waals surface area contributed by atoms with Crippen molar-refractivity contribution in [1.29, 1.82) is 0 Å². The lowest BCUT2D eigenvalue weighted by molar-refractivity contribution is -0.118. The average Bonchev–Trinajstić information content (AvgIpc) is 2.97. The van der Waals surface area contributed by atoms with Crippen molar-refractivity contribution in [2.75, 3.05) is 24.1 Å². The number of likely N-dealkylation sites (tertiary alicyclic amines) is 1. The van der Waals surface area contributed by atoms with Crippen LogP contribution >= 0.6 is 0 Å². The van der Waals surface area contributed by atoms with Crippen LogP contribution in [0, 0.1) is 0 Å². The lowest BCUT2D eigenvalue weighted by Crippen LogP contribution is -2.49. The number of amides is 3. The molecule has 1 atom stereocenters. The minimum atomic E-state index is -0.549. The number of nitrogen functional groups attached to an aromatic ring is 1. The van der Waals surface area contributed by atoms with E-state index >= 15 is 0 Å². The van der Waals surface area contributed by atoms with Gasteiger partial charge in [0.15, 0.2) is 0 Å². The van der Waals surface area contributed by atoms with Gasteiger partial charge in [0.1, 0.15) is 6.04 Å². The summed E-state index contributed by atoms with van der Waals surface area (Å²) in [6.07, 6.45) is 2.61. The molecule has 1 saturated heterocycles. The summed E-state index contributed by atoms with van der Waals surface area (Å²) in [7, 11) is 0. The summed E-state index contributed by atoms with van der Waals surface area (Å²) in [4.78, 5) is 26.6. The van der Waals surface area contributed by atoms with Crippen LogP contribution in [0.2, 0.25) is 0 Å². The highest BCUT2D eigenvalue weighted by Crippen LogP contribution is 2.37. The second-order valence-corrected chi connectivity index (χ2v) is 7.08. The fourth-order valence-electron chi connectivity index (χ4n) is 3.47. The highest BCUT2D eigenvalue weighted by atomic mass is 16.2. The van der Waals surface area contributed by atoms with Crippen LogP contribution in [0.3, 0.4) is 0 Å². The second kappa shape index (κ2) is 5.76. The normalized spacial score (nSPS) is 23.0. The Morgan fingerprint density at radius 1 is 1.35 bits per heavy atom. The van der Waals surface area contributed by atoms with Gasteiger partial charge in [-0.3, -0.25) is 4.79 Å². The van der Waals surface area contributed by atoms with E-state index in [2.05, 4.69) is 24.5 Å². The Labute approximate surface area is 136 Å². The van der Waals surface area contributed by atoms with Crippen molar-refractivity contribution in [1.82, 2.24) is 10.2 Å². The fourth-order valence-corrected chi connectivity index (χ4v) is 3.47. The molecule has 1 unspecified atom stereocenters. The Hall–Kier alpha value is -2.24. The second-order valence-electron chi connectivity index (χ2n) is 7.08. The molecule has 124 valence electrons. The first-order valence-electron chi connectivity index (χ1n) is 8.13. The number of carbonyl (C=O) groups is 2. The standard InChI is InChI=1S/C17H24N4O2/c1-17(2)10-14(20-16(23)21-7-3-4-8-21)15(22)19-13-9-11(18)5-6-12(13)17/h5-6,9,14H,3-4,7-8,10,18H2,1-2H3,(H,19,22)(H,20,23). The summed E-state index contributed by atoms with van der Waals surface area (Å²) in [6.45, 7) is 5.69. The lowest BCUT2D eigenvalue weighted by Gasteiger charge is -2.28. The van der Waals surface area contributed by atoms with Gasteiger partial charge in [0.25, 0.3) is 0 Å². The number of nitrogens with two attached hydrogens (primary N) is 1. The number of nitrogens with zero attached hydrogens (tertiary/aromatic N) is 1. The van der Waals surface area contributed by atoms with Crippen molar-refractivity contribution in [3.05, 3.63) is 23.8 Å². The zero-order valence-corrected chi connectivity index (χ0v) is 13.7. The number of anilines is 2. The highest BCUT2D eigenvalue weighted by Gasteiger charge is 2.36. The minimum Gasteiger partial charge on any atom is -0.399 e. The first kappa shape index (κ1) is 15.6. The van der Waals surface area contributed by atoms with Gasteiger partial charge in [-0.2, -0.15) is 0 Å². The van der Waals surface area contributed by atoms with Gasteiger partial charge in [-0.15, -0.1) is 0 Å². The molecule has 1 aromatic carbocycles. The van der Waals surface area contributed by atoms with Crippen LogP contribution in [0.4, 0.5) is 16.2 Å². The first-order valence-corrected chi connectivity index (χ1v) is 8.13. The molecule has 0 aliphatic carbocycles. The van der Waals surface area contributed by atoms with Crippen molar-refractivity contribution in [2.45, 2.75) is 44.6 Å². The number of carbonyl (C=O) groups excluding carboxylic acids is 2. The zero-order valence-electron chi connectivity index (χ0n) is 13.7. The monoisotopic (exact) mass is 316 g/mol. The van der Waals surface area contributed by atoms with E-state index in [0.29, 0.717) is 12.1 Å². The van der Waals surface area contributed by atoms with Crippen LogP contribution in [-0.4, -0.2) is 36.0 Å². The number of rotatable bonds is 1. The third-order valence-electron chi connectivity index (χ3n) is 4.75. The van der Waals surface area contributed by atoms with Crippen LogP contribution in [0.1, 0.15) is 38.7 Å². The maximum Gasteiger partial charge on any atom is 0.318 e. The number of hydrogen-bond donors (Lipinski definition) is 3. The Kier molecular flexibility index (Phi) is 3.92. The molecule has 0 radical (unpaired) electrons. The average molecular weight is 316 g/mol. The van der Waals surface area contributed by atoms with Gasteiger partial charge in [-0.1, -0.05) is 19.9 Å². The van der Waals surface area contributed by atoms with Crippen LogP contribution in [0.15, 0.2) is 18.2 Å². The number of nitrogens with one attached hydrogen (secondary N) is 2. The fraction of sp³-hybridized carbons (Fsp3) is 0.529. The van der Waals surface area contributed by atoms with Gasteiger partial charge in [-0.25, -0.2) is 4.79 Å². The predicted molar refractivity (Wildman–Crippen MR) is 90.3 cm³/mol.